The molecule has 5 nitrogen and oxygen atoms in total. The number of amides is 1. The molecule has 21 heavy (non-hydrogen) atoms. The number of nitrogens with one attached hydrogen (secondary N) is 1. The van der Waals surface area contributed by atoms with Crippen LogP contribution in [0, 0.1) is 11.7 Å². The first-order valence-electron chi connectivity index (χ1n) is 7.07. The molecule has 0 aliphatic heterocycles. The molecular weight excluding hydrogens is 275 g/mol. The zero-order valence-electron chi connectivity index (χ0n) is 11.6. The second kappa shape index (κ2) is 6.56. The van der Waals surface area contributed by atoms with Crippen molar-refractivity contribution < 1.29 is 19.1 Å². The minimum atomic E-state index is -0.858. The van der Waals surface area contributed by atoms with Gasteiger partial charge in [0.2, 0.25) is 5.91 Å². The SMILES string of the molecule is NC(=O)c1ccc(NC2CCCCCC2C(=O)O)c(F)c1. The molecule has 0 spiro atoms. The van der Waals surface area contributed by atoms with Gasteiger partial charge in [0.1, 0.15) is 5.82 Å². The Kier molecular flexibility index (Phi) is 4.77. The van der Waals surface area contributed by atoms with Gasteiger partial charge in [0.05, 0.1) is 11.6 Å². The quantitative estimate of drug-likeness (QED) is 0.743. The first-order valence-corrected chi connectivity index (χ1v) is 7.07. The highest BCUT2D eigenvalue weighted by Crippen LogP contribution is 2.27. The molecule has 1 fully saturated rings. The van der Waals surface area contributed by atoms with E-state index in [0.29, 0.717) is 12.8 Å². The number of aliphatic carboxylic acids is 1. The Hall–Kier alpha value is -2.11. The van der Waals surface area contributed by atoms with Gasteiger partial charge in [0, 0.05) is 11.6 Å². The monoisotopic (exact) mass is 294 g/mol. The molecule has 0 saturated heterocycles. The number of halogens is 1. The van der Waals surface area contributed by atoms with E-state index in [1.807, 2.05) is 0 Å². The number of carboxylic acid groups (broad SMARTS) is 1. The number of rotatable bonds is 4. The number of carbonyl (C=O) groups is 2. The highest BCUT2D eigenvalue weighted by atomic mass is 19.1. The third-order valence-corrected chi connectivity index (χ3v) is 3.93. The van der Waals surface area contributed by atoms with E-state index >= 15 is 0 Å². The standard InChI is InChI=1S/C15H19FN2O3/c16-11-8-9(14(17)19)6-7-13(11)18-12-5-3-1-2-4-10(12)15(20)21/h6-8,10,12,18H,1-5H2,(H2,17,19)(H,20,21). The van der Waals surface area contributed by atoms with Crippen LogP contribution in [0.2, 0.25) is 0 Å². The minimum absolute atomic E-state index is 0.0914. The van der Waals surface area contributed by atoms with Gasteiger partial charge < -0.3 is 16.2 Å². The molecule has 2 atom stereocenters. The summed E-state index contributed by atoms with van der Waals surface area (Å²) >= 11 is 0. The van der Waals surface area contributed by atoms with Gasteiger partial charge in [0.15, 0.2) is 0 Å². The van der Waals surface area contributed by atoms with Gasteiger partial charge in [-0.25, -0.2) is 4.39 Å². The molecule has 1 aliphatic rings. The largest absolute Gasteiger partial charge is 0.481 e. The molecule has 0 radical (unpaired) electrons. The molecule has 1 saturated carbocycles. The van der Waals surface area contributed by atoms with E-state index in [9.17, 15) is 19.1 Å². The van der Waals surface area contributed by atoms with Crippen molar-refractivity contribution >= 4 is 17.6 Å². The fourth-order valence-electron chi connectivity index (χ4n) is 2.76. The fourth-order valence-corrected chi connectivity index (χ4v) is 2.76. The Morgan fingerprint density at radius 3 is 2.57 bits per heavy atom. The van der Waals surface area contributed by atoms with Crippen molar-refractivity contribution in [2.24, 2.45) is 11.7 Å². The van der Waals surface area contributed by atoms with Crippen LogP contribution < -0.4 is 11.1 Å². The summed E-state index contributed by atoms with van der Waals surface area (Å²) in [5.74, 6) is -2.68. The van der Waals surface area contributed by atoms with Crippen LogP contribution in [-0.4, -0.2) is 23.0 Å². The van der Waals surface area contributed by atoms with Gasteiger partial charge >= 0.3 is 5.97 Å². The van der Waals surface area contributed by atoms with Crippen LogP contribution in [0.5, 0.6) is 0 Å². The average Bonchev–Trinajstić information content (AvgIpc) is 2.66. The number of benzene rings is 1. The van der Waals surface area contributed by atoms with E-state index < -0.39 is 23.6 Å². The lowest BCUT2D eigenvalue weighted by molar-refractivity contribution is -0.142. The smallest absolute Gasteiger partial charge is 0.308 e. The Balaban J connectivity index is 2.18. The van der Waals surface area contributed by atoms with Crippen molar-refractivity contribution in [3.05, 3.63) is 29.6 Å². The summed E-state index contributed by atoms with van der Waals surface area (Å²) in [6.07, 6.45) is 4.06. The maximum absolute atomic E-state index is 14.0. The summed E-state index contributed by atoms with van der Waals surface area (Å²) in [5.41, 5.74) is 5.39. The van der Waals surface area contributed by atoms with Crippen LogP contribution in [0.25, 0.3) is 0 Å². The Bertz CT molecular complexity index is 548. The Morgan fingerprint density at radius 1 is 1.24 bits per heavy atom. The summed E-state index contributed by atoms with van der Waals surface area (Å²) in [7, 11) is 0. The van der Waals surface area contributed by atoms with Crippen molar-refractivity contribution in [2.45, 2.75) is 38.1 Å². The van der Waals surface area contributed by atoms with E-state index in [4.69, 9.17) is 5.73 Å². The molecule has 4 N–H and O–H groups in total. The Morgan fingerprint density at radius 2 is 1.95 bits per heavy atom. The van der Waals surface area contributed by atoms with Crippen LogP contribution in [0.15, 0.2) is 18.2 Å². The van der Waals surface area contributed by atoms with E-state index in [1.165, 1.54) is 12.1 Å². The molecule has 114 valence electrons. The van der Waals surface area contributed by atoms with Crippen molar-refractivity contribution in [3.63, 3.8) is 0 Å². The van der Waals surface area contributed by atoms with Crippen LogP contribution >= 0.6 is 0 Å². The Labute approximate surface area is 122 Å². The molecule has 2 rings (SSSR count). The predicted octanol–water partition coefficient (Wildman–Crippen LogP) is 2.37. The van der Waals surface area contributed by atoms with E-state index in [-0.39, 0.29) is 17.3 Å². The molecule has 1 aromatic rings. The second-order valence-electron chi connectivity index (χ2n) is 5.39. The molecule has 1 aromatic carbocycles. The predicted molar refractivity (Wildman–Crippen MR) is 76.5 cm³/mol. The van der Waals surface area contributed by atoms with Crippen LogP contribution in [-0.2, 0) is 4.79 Å². The van der Waals surface area contributed by atoms with Crippen molar-refractivity contribution in [3.8, 4) is 0 Å². The van der Waals surface area contributed by atoms with Crippen molar-refractivity contribution in [2.75, 3.05) is 5.32 Å². The van der Waals surface area contributed by atoms with Gasteiger partial charge in [-0.05, 0) is 31.0 Å². The zero-order valence-corrected chi connectivity index (χ0v) is 11.6. The van der Waals surface area contributed by atoms with Gasteiger partial charge in [-0.2, -0.15) is 0 Å². The summed E-state index contributed by atoms with van der Waals surface area (Å²) < 4.78 is 14.0. The lowest BCUT2D eigenvalue weighted by Crippen LogP contribution is -2.34. The zero-order chi connectivity index (χ0) is 15.4. The van der Waals surface area contributed by atoms with E-state index in [2.05, 4.69) is 5.32 Å². The van der Waals surface area contributed by atoms with Crippen LogP contribution in [0.4, 0.5) is 10.1 Å². The topological polar surface area (TPSA) is 92.4 Å². The fraction of sp³-hybridized carbons (Fsp3) is 0.467. The maximum atomic E-state index is 14.0. The molecular formula is C15H19FN2O3. The first-order chi connectivity index (χ1) is 9.99. The molecule has 0 bridgehead atoms. The highest BCUT2D eigenvalue weighted by molar-refractivity contribution is 5.93. The second-order valence-corrected chi connectivity index (χ2v) is 5.39. The highest BCUT2D eigenvalue weighted by Gasteiger charge is 2.29. The summed E-state index contributed by atoms with van der Waals surface area (Å²) in [4.78, 5) is 22.3. The normalized spacial score (nSPS) is 22.3. The molecule has 6 heteroatoms. The van der Waals surface area contributed by atoms with Gasteiger partial charge in [-0.1, -0.05) is 19.3 Å². The molecule has 0 heterocycles. The number of hydrogen-bond acceptors (Lipinski definition) is 3. The summed E-state index contributed by atoms with van der Waals surface area (Å²) in [6.45, 7) is 0. The van der Waals surface area contributed by atoms with Crippen LogP contribution in [0.3, 0.4) is 0 Å². The van der Waals surface area contributed by atoms with Gasteiger partial charge in [0.25, 0.3) is 0 Å². The third-order valence-electron chi connectivity index (χ3n) is 3.93. The van der Waals surface area contributed by atoms with E-state index in [1.54, 1.807) is 0 Å². The lowest BCUT2D eigenvalue weighted by Gasteiger charge is -2.24. The number of nitrogens with two attached hydrogens (primary N) is 1. The molecule has 2 unspecified atom stereocenters. The van der Waals surface area contributed by atoms with Crippen molar-refractivity contribution in [1.82, 2.24) is 0 Å². The maximum Gasteiger partial charge on any atom is 0.308 e. The number of carboxylic acids is 1. The average molecular weight is 294 g/mol. The summed E-state index contributed by atoms with van der Waals surface area (Å²) in [5, 5.41) is 12.3. The van der Waals surface area contributed by atoms with Crippen LogP contribution in [0.1, 0.15) is 42.5 Å². The minimum Gasteiger partial charge on any atom is -0.481 e. The summed E-state index contributed by atoms with van der Waals surface area (Å²) in [6, 6.07) is 3.62. The lowest BCUT2D eigenvalue weighted by atomic mass is 9.94. The molecule has 0 aromatic heterocycles. The first kappa shape index (κ1) is 15.3. The number of primary amides is 1. The van der Waals surface area contributed by atoms with Crippen molar-refractivity contribution in [1.29, 1.82) is 0 Å². The number of anilines is 1. The van der Waals surface area contributed by atoms with E-state index in [0.717, 1.165) is 25.3 Å². The number of hydrogen-bond donors (Lipinski definition) is 3. The number of carbonyl (C=O) groups excluding carboxylic acids is 1. The molecule has 1 amide bonds. The van der Waals surface area contributed by atoms with Gasteiger partial charge in [-0.3, -0.25) is 9.59 Å². The van der Waals surface area contributed by atoms with Gasteiger partial charge in [-0.15, -0.1) is 0 Å². The third kappa shape index (κ3) is 3.71. The molecule has 1 aliphatic carbocycles.